The van der Waals surface area contributed by atoms with Crippen molar-refractivity contribution in [3.8, 4) is 0 Å². The van der Waals surface area contributed by atoms with Gasteiger partial charge in [0, 0.05) is 43.9 Å². The monoisotopic (exact) mass is 366 g/mol. The highest BCUT2D eigenvalue weighted by molar-refractivity contribution is 6.31. The van der Waals surface area contributed by atoms with Crippen LogP contribution in [0.2, 0.25) is 10.0 Å². The molecule has 1 aromatic carbocycles. The van der Waals surface area contributed by atoms with E-state index in [2.05, 4.69) is 10.00 Å². The van der Waals surface area contributed by atoms with Gasteiger partial charge in [0.25, 0.3) is 0 Å². The molecule has 0 spiro atoms. The van der Waals surface area contributed by atoms with Crippen molar-refractivity contribution in [3.05, 3.63) is 51.8 Å². The van der Waals surface area contributed by atoms with Gasteiger partial charge >= 0.3 is 0 Å². The minimum atomic E-state index is 0.0836. The van der Waals surface area contributed by atoms with E-state index in [9.17, 15) is 4.79 Å². The molecular formula is C17H20Cl2N4O. The van der Waals surface area contributed by atoms with Crippen LogP contribution in [0.4, 0.5) is 0 Å². The molecule has 1 saturated heterocycles. The van der Waals surface area contributed by atoms with Gasteiger partial charge in [-0.25, -0.2) is 0 Å². The molecule has 24 heavy (non-hydrogen) atoms. The fourth-order valence-electron chi connectivity index (χ4n) is 2.82. The molecule has 0 aliphatic carbocycles. The van der Waals surface area contributed by atoms with Crippen molar-refractivity contribution in [1.82, 2.24) is 19.6 Å². The Hall–Kier alpha value is -1.56. The number of amides is 1. The second-order valence-electron chi connectivity index (χ2n) is 6.04. The van der Waals surface area contributed by atoms with Crippen molar-refractivity contribution < 1.29 is 4.79 Å². The van der Waals surface area contributed by atoms with Gasteiger partial charge in [-0.05, 0) is 24.6 Å². The minimum absolute atomic E-state index is 0.0836. The van der Waals surface area contributed by atoms with Crippen LogP contribution in [-0.4, -0.2) is 51.7 Å². The Balaban J connectivity index is 1.49. The van der Waals surface area contributed by atoms with Crippen molar-refractivity contribution in [2.45, 2.75) is 20.0 Å². The van der Waals surface area contributed by atoms with Gasteiger partial charge in [-0.3, -0.25) is 14.4 Å². The Morgan fingerprint density at radius 2 is 1.79 bits per heavy atom. The molecule has 3 rings (SSSR count). The molecule has 0 saturated carbocycles. The van der Waals surface area contributed by atoms with Gasteiger partial charge in [-0.2, -0.15) is 5.10 Å². The third-order valence-corrected chi connectivity index (χ3v) is 4.85. The van der Waals surface area contributed by atoms with E-state index in [0.29, 0.717) is 5.02 Å². The molecular weight excluding hydrogens is 347 g/mol. The summed E-state index contributed by atoms with van der Waals surface area (Å²) in [7, 11) is 0. The SMILES string of the molecule is Cc1nn(CC(=O)N2CCN(Cc3ccc(Cl)cc3)CC2)cc1Cl. The van der Waals surface area contributed by atoms with Gasteiger partial charge in [0.15, 0.2) is 0 Å². The number of benzene rings is 1. The highest BCUT2D eigenvalue weighted by Gasteiger charge is 2.21. The number of aryl methyl sites for hydroxylation is 1. The largest absolute Gasteiger partial charge is 0.339 e. The van der Waals surface area contributed by atoms with E-state index in [1.165, 1.54) is 5.56 Å². The zero-order valence-corrected chi connectivity index (χ0v) is 15.1. The van der Waals surface area contributed by atoms with Crippen molar-refractivity contribution in [2.24, 2.45) is 0 Å². The quantitative estimate of drug-likeness (QED) is 0.835. The van der Waals surface area contributed by atoms with Crippen LogP contribution >= 0.6 is 23.2 Å². The van der Waals surface area contributed by atoms with E-state index in [1.54, 1.807) is 10.9 Å². The number of nitrogens with zero attached hydrogens (tertiary/aromatic N) is 4. The molecule has 1 aromatic heterocycles. The summed E-state index contributed by atoms with van der Waals surface area (Å²) < 4.78 is 1.61. The lowest BCUT2D eigenvalue weighted by Gasteiger charge is -2.34. The zero-order chi connectivity index (χ0) is 17.1. The molecule has 0 atom stereocenters. The van der Waals surface area contributed by atoms with Crippen molar-refractivity contribution in [3.63, 3.8) is 0 Å². The number of halogens is 2. The number of carbonyl (C=O) groups is 1. The third kappa shape index (κ3) is 4.29. The first-order chi connectivity index (χ1) is 11.5. The first-order valence-corrected chi connectivity index (χ1v) is 8.71. The molecule has 0 radical (unpaired) electrons. The van der Waals surface area contributed by atoms with Crippen LogP contribution in [0.5, 0.6) is 0 Å². The molecule has 1 amide bonds. The van der Waals surface area contributed by atoms with Gasteiger partial charge in [-0.15, -0.1) is 0 Å². The van der Waals surface area contributed by atoms with Gasteiger partial charge in [0.05, 0.1) is 10.7 Å². The third-order valence-electron chi connectivity index (χ3n) is 4.23. The normalized spacial score (nSPS) is 15.7. The van der Waals surface area contributed by atoms with Crippen molar-refractivity contribution in [1.29, 1.82) is 0 Å². The Labute approximate surface area is 151 Å². The number of aromatic nitrogens is 2. The summed E-state index contributed by atoms with van der Waals surface area (Å²) in [6.07, 6.45) is 1.70. The summed E-state index contributed by atoms with van der Waals surface area (Å²) in [5, 5.41) is 5.58. The predicted octanol–water partition coefficient (Wildman–Crippen LogP) is 2.84. The van der Waals surface area contributed by atoms with Crippen LogP contribution in [0.25, 0.3) is 0 Å². The molecule has 1 aliphatic rings. The van der Waals surface area contributed by atoms with E-state index >= 15 is 0 Å². The summed E-state index contributed by atoms with van der Waals surface area (Å²) >= 11 is 11.9. The van der Waals surface area contributed by atoms with E-state index in [1.807, 2.05) is 36.1 Å². The Morgan fingerprint density at radius 1 is 1.12 bits per heavy atom. The number of hydrogen-bond acceptors (Lipinski definition) is 3. The lowest BCUT2D eigenvalue weighted by atomic mass is 10.2. The minimum Gasteiger partial charge on any atom is -0.339 e. The second-order valence-corrected chi connectivity index (χ2v) is 6.89. The first-order valence-electron chi connectivity index (χ1n) is 7.95. The van der Waals surface area contributed by atoms with Crippen LogP contribution in [0.3, 0.4) is 0 Å². The molecule has 7 heteroatoms. The Kier molecular flexibility index (Phi) is 5.43. The van der Waals surface area contributed by atoms with E-state index < -0.39 is 0 Å². The van der Waals surface area contributed by atoms with Crippen LogP contribution < -0.4 is 0 Å². The van der Waals surface area contributed by atoms with Gasteiger partial charge in [0.2, 0.25) is 5.91 Å². The second kappa shape index (κ2) is 7.55. The van der Waals surface area contributed by atoms with Gasteiger partial charge < -0.3 is 4.90 Å². The lowest BCUT2D eigenvalue weighted by molar-refractivity contribution is -0.133. The number of piperazine rings is 1. The average Bonchev–Trinajstić information content (AvgIpc) is 2.88. The number of rotatable bonds is 4. The predicted molar refractivity (Wildman–Crippen MR) is 95.3 cm³/mol. The molecule has 0 bridgehead atoms. The maximum Gasteiger partial charge on any atom is 0.244 e. The first kappa shape index (κ1) is 17.3. The van der Waals surface area contributed by atoms with Crippen molar-refractivity contribution in [2.75, 3.05) is 26.2 Å². The average molecular weight is 367 g/mol. The van der Waals surface area contributed by atoms with Crippen LogP contribution in [-0.2, 0) is 17.9 Å². The summed E-state index contributed by atoms with van der Waals surface area (Å²) in [5.41, 5.74) is 1.98. The molecule has 2 aromatic rings. The molecule has 0 unspecified atom stereocenters. The summed E-state index contributed by atoms with van der Waals surface area (Å²) in [6, 6.07) is 7.91. The summed E-state index contributed by atoms with van der Waals surface area (Å²) in [5.74, 6) is 0.0836. The van der Waals surface area contributed by atoms with Gasteiger partial charge in [0.1, 0.15) is 6.54 Å². The zero-order valence-electron chi connectivity index (χ0n) is 13.6. The Bertz CT molecular complexity index is 686. The molecule has 128 valence electrons. The maximum absolute atomic E-state index is 12.4. The molecule has 5 nitrogen and oxygen atoms in total. The van der Waals surface area contributed by atoms with E-state index in [0.717, 1.165) is 43.4 Å². The fraction of sp³-hybridized carbons (Fsp3) is 0.412. The Morgan fingerprint density at radius 3 is 2.38 bits per heavy atom. The summed E-state index contributed by atoms with van der Waals surface area (Å²) in [6.45, 7) is 6.16. The topological polar surface area (TPSA) is 41.4 Å². The molecule has 2 heterocycles. The fourth-order valence-corrected chi connectivity index (χ4v) is 3.09. The molecule has 0 N–H and O–H groups in total. The highest BCUT2D eigenvalue weighted by Crippen LogP contribution is 2.14. The summed E-state index contributed by atoms with van der Waals surface area (Å²) in [4.78, 5) is 16.6. The van der Waals surface area contributed by atoms with Crippen LogP contribution in [0.1, 0.15) is 11.3 Å². The van der Waals surface area contributed by atoms with Crippen LogP contribution in [0.15, 0.2) is 30.5 Å². The lowest BCUT2D eigenvalue weighted by Crippen LogP contribution is -2.49. The standard InChI is InChI=1S/C17H20Cl2N4O/c1-13-16(19)11-23(20-13)12-17(24)22-8-6-21(7-9-22)10-14-2-4-15(18)5-3-14/h2-5,11H,6-10,12H2,1H3. The molecule has 1 fully saturated rings. The van der Waals surface area contributed by atoms with Gasteiger partial charge in [-0.1, -0.05) is 35.3 Å². The van der Waals surface area contributed by atoms with Crippen molar-refractivity contribution >= 4 is 29.1 Å². The highest BCUT2D eigenvalue weighted by atomic mass is 35.5. The van der Waals surface area contributed by atoms with E-state index in [4.69, 9.17) is 23.2 Å². The van der Waals surface area contributed by atoms with Crippen LogP contribution in [0, 0.1) is 6.92 Å². The molecule has 1 aliphatic heterocycles. The number of hydrogen-bond donors (Lipinski definition) is 0. The number of carbonyl (C=O) groups excluding carboxylic acids is 1. The maximum atomic E-state index is 12.4. The smallest absolute Gasteiger partial charge is 0.244 e. The van der Waals surface area contributed by atoms with E-state index in [-0.39, 0.29) is 12.5 Å².